The summed E-state index contributed by atoms with van der Waals surface area (Å²) in [5.41, 5.74) is 0. The van der Waals surface area contributed by atoms with Gasteiger partial charge in [-0.15, -0.1) is 0 Å². The fraction of sp³-hybridized carbons (Fsp3) is 0.833. The molecule has 0 radical (unpaired) electrons. The second kappa shape index (κ2) is 4.95. The van der Waals surface area contributed by atoms with Crippen LogP contribution >= 0.6 is 0 Å². The minimum atomic E-state index is 0.407. The van der Waals surface area contributed by atoms with Crippen LogP contribution in [-0.2, 0) is 6.42 Å². The zero-order valence-corrected chi connectivity index (χ0v) is 10.5. The topological polar surface area (TPSA) is 42.7 Å². The lowest BCUT2D eigenvalue weighted by Crippen LogP contribution is -2.37. The van der Waals surface area contributed by atoms with Crippen molar-refractivity contribution in [1.29, 1.82) is 0 Å². The van der Waals surface area contributed by atoms with Gasteiger partial charge in [-0.1, -0.05) is 6.92 Å². The molecule has 1 saturated heterocycles. The number of nitrogens with zero attached hydrogens (tertiary/aromatic N) is 3. The van der Waals surface area contributed by atoms with Gasteiger partial charge in [-0.2, -0.15) is 5.10 Å². The van der Waals surface area contributed by atoms with Crippen molar-refractivity contribution in [2.75, 3.05) is 13.1 Å². The summed E-state index contributed by atoms with van der Waals surface area (Å²) in [5.74, 6) is 2.63. The van der Waals surface area contributed by atoms with Gasteiger partial charge in [0.15, 0.2) is 0 Å². The minimum Gasteiger partial charge on any atom is -0.316 e. The molecule has 0 aromatic carbocycles. The Labute approximate surface area is 97.5 Å². The molecule has 1 aliphatic heterocycles. The van der Waals surface area contributed by atoms with Crippen molar-refractivity contribution in [2.45, 2.75) is 39.7 Å². The molecule has 2 heterocycles. The highest BCUT2D eigenvalue weighted by molar-refractivity contribution is 4.92. The molecule has 90 valence electrons. The number of rotatable bonds is 3. The van der Waals surface area contributed by atoms with Crippen LogP contribution in [0.4, 0.5) is 0 Å². The summed E-state index contributed by atoms with van der Waals surface area (Å²) in [6.07, 6.45) is 4.00. The maximum atomic E-state index is 4.39. The average molecular weight is 222 g/mol. The van der Waals surface area contributed by atoms with Crippen LogP contribution in [-0.4, -0.2) is 27.9 Å². The first kappa shape index (κ1) is 11.6. The third kappa shape index (κ3) is 2.43. The van der Waals surface area contributed by atoms with Crippen LogP contribution in [0.2, 0.25) is 0 Å². The Morgan fingerprint density at radius 1 is 1.56 bits per heavy atom. The SMILES string of the molecule is CC1CCNCC1Cc1ncnn1C(C)C. The summed E-state index contributed by atoms with van der Waals surface area (Å²) in [6, 6.07) is 0.407. The first-order valence-corrected chi connectivity index (χ1v) is 6.27. The van der Waals surface area contributed by atoms with Gasteiger partial charge in [0.2, 0.25) is 0 Å². The smallest absolute Gasteiger partial charge is 0.138 e. The summed E-state index contributed by atoms with van der Waals surface area (Å²) in [4.78, 5) is 4.39. The van der Waals surface area contributed by atoms with Crippen molar-refractivity contribution in [3.05, 3.63) is 12.2 Å². The molecule has 0 saturated carbocycles. The molecule has 4 heteroatoms. The lowest BCUT2D eigenvalue weighted by atomic mass is 9.85. The van der Waals surface area contributed by atoms with Gasteiger partial charge in [0.05, 0.1) is 0 Å². The highest BCUT2D eigenvalue weighted by atomic mass is 15.3. The third-order valence-electron chi connectivity index (χ3n) is 3.57. The van der Waals surface area contributed by atoms with E-state index in [9.17, 15) is 0 Å². The van der Waals surface area contributed by atoms with Crippen molar-refractivity contribution in [3.8, 4) is 0 Å². The summed E-state index contributed by atoms with van der Waals surface area (Å²) >= 11 is 0. The molecule has 2 rings (SSSR count). The standard InChI is InChI=1S/C12H22N4/c1-9(2)16-12(14-8-15-16)6-11-7-13-5-4-10(11)3/h8-11,13H,4-7H2,1-3H3. The lowest BCUT2D eigenvalue weighted by molar-refractivity contribution is 0.264. The third-order valence-corrected chi connectivity index (χ3v) is 3.57. The number of hydrogen-bond donors (Lipinski definition) is 1. The number of hydrogen-bond acceptors (Lipinski definition) is 3. The van der Waals surface area contributed by atoms with Crippen LogP contribution in [0, 0.1) is 11.8 Å². The molecule has 0 amide bonds. The molecular formula is C12H22N4. The van der Waals surface area contributed by atoms with E-state index in [1.807, 2.05) is 4.68 Å². The van der Waals surface area contributed by atoms with Gasteiger partial charge in [-0.3, -0.25) is 0 Å². The Morgan fingerprint density at radius 3 is 3.06 bits per heavy atom. The molecule has 1 aromatic rings. The first-order chi connectivity index (χ1) is 7.68. The van der Waals surface area contributed by atoms with E-state index in [1.165, 1.54) is 6.42 Å². The second-order valence-electron chi connectivity index (χ2n) is 5.15. The van der Waals surface area contributed by atoms with Gasteiger partial charge in [0.1, 0.15) is 12.2 Å². The van der Waals surface area contributed by atoms with Crippen LogP contribution in [0.1, 0.15) is 39.1 Å². The maximum absolute atomic E-state index is 4.39. The van der Waals surface area contributed by atoms with Crippen molar-refractivity contribution >= 4 is 0 Å². The maximum Gasteiger partial charge on any atom is 0.138 e. The Kier molecular flexibility index (Phi) is 3.59. The minimum absolute atomic E-state index is 0.407. The molecule has 16 heavy (non-hydrogen) atoms. The zero-order chi connectivity index (χ0) is 11.5. The highest BCUT2D eigenvalue weighted by Gasteiger charge is 2.23. The van der Waals surface area contributed by atoms with Gasteiger partial charge < -0.3 is 5.32 Å². The van der Waals surface area contributed by atoms with Gasteiger partial charge in [0, 0.05) is 12.5 Å². The molecule has 1 aromatic heterocycles. The molecule has 2 atom stereocenters. The van der Waals surface area contributed by atoms with Gasteiger partial charge in [-0.25, -0.2) is 9.67 Å². The van der Waals surface area contributed by atoms with Crippen LogP contribution < -0.4 is 5.32 Å². The molecular weight excluding hydrogens is 200 g/mol. The summed E-state index contributed by atoms with van der Waals surface area (Å²) < 4.78 is 2.04. The normalized spacial score (nSPS) is 26.2. The van der Waals surface area contributed by atoms with Crippen LogP contribution in [0.5, 0.6) is 0 Å². The van der Waals surface area contributed by atoms with Crippen LogP contribution in [0.25, 0.3) is 0 Å². The largest absolute Gasteiger partial charge is 0.316 e. The van der Waals surface area contributed by atoms with Gasteiger partial charge in [0.25, 0.3) is 0 Å². The molecule has 1 fully saturated rings. The van der Waals surface area contributed by atoms with E-state index >= 15 is 0 Å². The van der Waals surface area contributed by atoms with E-state index < -0.39 is 0 Å². The van der Waals surface area contributed by atoms with E-state index in [2.05, 4.69) is 36.2 Å². The lowest BCUT2D eigenvalue weighted by Gasteiger charge is -2.29. The van der Waals surface area contributed by atoms with Gasteiger partial charge in [-0.05, 0) is 45.2 Å². The zero-order valence-electron chi connectivity index (χ0n) is 10.5. The first-order valence-electron chi connectivity index (χ1n) is 6.27. The predicted octanol–water partition coefficient (Wildman–Crippen LogP) is 1.65. The average Bonchev–Trinajstić information content (AvgIpc) is 2.69. The Balaban J connectivity index is 2.04. The monoisotopic (exact) mass is 222 g/mol. The van der Waals surface area contributed by atoms with Crippen molar-refractivity contribution < 1.29 is 0 Å². The molecule has 0 bridgehead atoms. The van der Waals surface area contributed by atoms with Crippen molar-refractivity contribution in [2.24, 2.45) is 11.8 Å². The van der Waals surface area contributed by atoms with Crippen LogP contribution in [0.3, 0.4) is 0 Å². The Morgan fingerprint density at radius 2 is 2.38 bits per heavy atom. The summed E-state index contributed by atoms with van der Waals surface area (Å²) in [5, 5.41) is 7.76. The van der Waals surface area contributed by atoms with E-state index in [0.29, 0.717) is 12.0 Å². The molecule has 1 N–H and O–H groups in total. The molecule has 1 aliphatic rings. The summed E-state index contributed by atoms with van der Waals surface area (Å²) in [6.45, 7) is 8.93. The van der Waals surface area contributed by atoms with E-state index in [1.54, 1.807) is 6.33 Å². The summed E-state index contributed by atoms with van der Waals surface area (Å²) in [7, 11) is 0. The number of aromatic nitrogens is 3. The predicted molar refractivity (Wildman–Crippen MR) is 64.3 cm³/mol. The van der Waals surface area contributed by atoms with Crippen molar-refractivity contribution in [3.63, 3.8) is 0 Å². The van der Waals surface area contributed by atoms with Crippen molar-refractivity contribution in [1.82, 2.24) is 20.1 Å². The molecule has 0 aliphatic carbocycles. The quantitative estimate of drug-likeness (QED) is 0.845. The Hall–Kier alpha value is -0.900. The second-order valence-corrected chi connectivity index (χ2v) is 5.15. The fourth-order valence-electron chi connectivity index (χ4n) is 2.41. The molecule has 2 unspecified atom stereocenters. The molecule has 0 spiro atoms. The van der Waals surface area contributed by atoms with E-state index in [0.717, 1.165) is 31.3 Å². The number of nitrogens with one attached hydrogen (secondary N) is 1. The fourth-order valence-corrected chi connectivity index (χ4v) is 2.41. The van der Waals surface area contributed by atoms with E-state index in [-0.39, 0.29) is 0 Å². The Bertz CT molecular complexity index is 332. The molecule has 4 nitrogen and oxygen atoms in total. The highest BCUT2D eigenvalue weighted by Crippen LogP contribution is 2.22. The van der Waals surface area contributed by atoms with Gasteiger partial charge >= 0.3 is 0 Å². The van der Waals surface area contributed by atoms with E-state index in [4.69, 9.17) is 0 Å². The van der Waals surface area contributed by atoms with Crippen LogP contribution in [0.15, 0.2) is 6.33 Å². The number of piperidine rings is 1.